The topological polar surface area (TPSA) is 109 Å². The number of hydrogen-bond acceptors (Lipinski definition) is 6. The number of ether oxygens (including phenoxy) is 1. The van der Waals surface area contributed by atoms with Crippen molar-refractivity contribution in [2.45, 2.75) is 17.9 Å². The molecule has 1 atom stereocenters. The quantitative estimate of drug-likeness (QED) is 0.820. The van der Waals surface area contributed by atoms with Gasteiger partial charge in [-0.1, -0.05) is 0 Å². The van der Waals surface area contributed by atoms with Crippen LogP contribution in [0.4, 0.5) is 5.69 Å². The Balaban J connectivity index is 1.48. The van der Waals surface area contributed by atoms with E-state index in [9.17, 15) is 18.0 Å². The first-order chi connectivity index (χ1) is 13.4. The number of hydrogen-bond donors (Lipinski definition) is 1. The van der Waals surface area contributed by atoms with Crippen molar-refractivity contribution in [1.29, 1.82) is 0 Å². The fourth-order valence-electron chi connectivity index (χ4n) is 3.19. The fraction of sp³-hybridized carbons (Fsp3) is 0.333. The molecule has 1 aromatic carbocycles. The van der Waals surface area contributed by atoms with E-state index in [4.69, 9.17) is 9.15 Å². The van der Waals surface area contributed by atoms with Crippen molar-refractivity contribution in [1.82, 2.24) is 9.21 Å². The second-order valence-corrected chi connectivity index (χ2v) is 8.52. The maximum atomic E-state index is 13.0. The summed E-state index contributed by atoms with van der Waals surface area (Å²) in [6.07, 6.45) is 0.794. The summed E-state index contributed by atoms with van der Waals surface area (Å²) in [5, 5.41) is 2.65. The van der Waals surface area contributed by atoms with Crippen LogP contribution in [0.1, 0.15) is 17.5 Å². The standard InChI is InChI=1S/C18H19N3O6S/c1-12-17(22)19-14-11-13(4-5-15(14)27-12)28(24,25)21-8-6-20(7-9-21)18(23)16-3-2-10-26-16/h2-5,10-12H,6-9H2,1H3,(H,19,22)/t12-/m0/s1. The highest BCUT2D eigenvalue weighted by atomic mass is 32.2. The molecule has 0 saturated carbocycles. The Morgan fingerprint density at radius 2 is 1.93 bits per heavy atom. The molecule has 0 bridgehead atoms. The minimum atomic E-state index is -3.76. The molecular formula is C18H19N3O6S. The van der Waals surface area contributed by atoms with Crippen molar-refractivity contribution in [2.24, 2.45) is 0 Å². The molecule has 28 heavy (non-hydrogen) atoms. The lowest BCUT2D eigenvalue weighted by atomic mass is 10.2. The predicted octanol–water partition coefficient (Wildman–Crippen LogP) is 1.15. The summed E-state index contributed by atoms with van der Waals surface area (Å²) in [6.45, 7) is 2.49. The monoisotopic (exact) mass is 405 g/mol. The fourth-order valence-corrected chi connectivity index (χ4v) is 4.63. The lowest BCUT2D eigenvalue weighted by Crippen LogP contribution is -2.50. The molecule has 2 aliphatic heterocycles. The minimum absolute atomic E-state index is 0.0653. The Morgan fingerprint density at radius 3 is 2.61 bits per heavy atom. The molecule has 148 valence electrons. The predicted molar refractivity (Wildman–Crippen MR) is 98.5 cm³/mol. The van der Waals surface area contributed by atoms with Crippen LogP contribution in [0.15, 0.2) is 45.9 Å². The summed E-state index contributed by atoms with van der Waals surface area (Å²) in [6, 6.07) is 7.60. The Morgan fingerprint density at radius 1 is 1.18 bits per heavy atom. The zero-order valence-corrected chi connectivity index (χ0v) is 15.9. The largest absolute Gasteiger partial charge is 0.479 e. The Kier molecular flexibility index (Phi) is 4.60. The molecule has 1 N–H and O–H groups in total. The second-order valence-electron chi connectivity index (χ2n) is 6.58. The summed E-state index contributed by atoms with van der Waals surface area (Å²) in [5.41, 5.74) is 0.329. The number of anilines is 1. The van der Waals surface area contributed by atoms with Crippen LogP contribution in [0.5, 0.6) is 5.75 Å². The smallest absolute Gasteiger partial charge is 0.289 e. The van der Waals surface area contributed by atoms with Gasteiger partial charge < -0.3 is 19.4 Å². The highest BCUT2D eigenvalue weighted by molar-refractivity contribution is 7.89. The normalized spacial score (nSPS) is 20.2. The van der Waals surface area contributed by atoms with Crippen LogP contribution in [0.3, 0.4) is 0 Å². The number of furan rings is 1. The van der Waals surface area contributed by atoms with Crippen molar-refractivity contribution in [3.63, 3.8) is 0 Å². The van der Waals surface area contributed by atoms with E-state index in [1.165, 1.54) is 28.8 Å². The molecule has 0 aliphatic carbocycles. The number of piperazine rings is 1. The van der Waals surface area contributed by atoms with Crippen LogP contribution in [0.2, 0.25) is 0 Å². The zero-order chi connectivity index (χ0) is 19.9. The van der Waals surface area contributed by atoms with Crippen LogP contribution < -0.4 is 10.1 Å². The van der Waals surface area contributed by atoms with E-state index >= 15 is 0 Å². The number of nitrogens with one attached hydrogen (secondary N) is 1. The number of amides is 2. The summed E-state index contributed by atoms with van der Waals surface area (Å²) in [5.74, 6) is 0.0767. The minimum Gasteiger partial charge on any atom is -0.479 e. The van der Waals surface area contributed by atoms with Gasteiger partial charge in [-0.15, -0.1) is 0 Å². The third-order valence-electron chi connectivity index (χ3n) is 4.78. The molecule has 0 spiro atoms. The third kappa shape index (κ3) is 3.25. The van der Waals surface area contributed by atoms with Gasteiger partial charge in [0.05, 0.1) is 16.8 Å². The van der Waals surface area contributed by atoms with Crippen LogP contribution in [-0.4, -0.2) is 61.7 Å². The summed E-state index contributed by atoms with van der Waals surface area (Å²) >= 11 is 0. The molecule has 2 aromatic rings. The van der Waals surface area contributed by atoms with Crippen molar-refractivity contribution in [2.75, 3.05) is 31.5 Å². The van der Waals surface area contributed by atoms with E-state index in [1.807, 2.05) is 0 Å². The molecule has 2 aliphatic rings. The van der Waals surface area contributed by atoms with E-state index in [-0.39, 0.29) is 48.6 Å². The second kappa shape index (κ2) is 6.95. The number of carbonyl (C=O) groups excluding carboxylic acids is 2. The maximum Gasteiger partial charge on any atom is 0.289 e. The zero-order valence-electron chi connectivity index (χ0n) is 15.1. The molecule has 4 rings (SSSR count). The molecule has 0 unspecified atom stereocenters. The van der Waals surface area contributed by atoms with Crippen LogP contribution in [0.25, 0.3) is 0 Å². The SMILES string of the molecule is C[C@@H]1Oc2ccc(S(=O)(=O)N3CCN(C(=O)c4ccco4)CC3)cc2NC1=O. The molecule has 0 radical (unpaired) electrons. The van der Waals surface area contributed by atoms with Gasteiger partial charge in [0.2, 0.25) is 10.0 Å². The number of carbonyl (C=O) groups is 2. The number of rotatable bonds is 3. The molecule has 1 fully saturated rings. The van der Waals surface area contributed by atoms with Gasteiger partial charge in [-0.05, 0) is 37.3 Å². The lowest BCUT2D eigenvalue weighted by molar-refractivity contribution is -0.122. The van der Waals surface area contributed by atoms with E-state index in [2.05, 4.69) is 5.32 Å². The lowest BCUT2D eigenvalue weighted by Gasteiger charge is -2.33. The van der Waals surface area contributed by atoms with E-state index < -0.39 is 16.1 Å². The van der Waals surface area contributed by atoms with Gasteiger partial charge in [-0.2, -0.15) is 4.31 Å². The first-order valence-electron chi connectivity index (χ1n) is 8.81. The number of sulfonamides is 1. The van der Waals surface area contributed by atoms with Gasteiger partial charge in [-0.3, -0.25) is 9.59 Å². The number of nitrogens with zero attached hydrogens (tertiary/aromatic N) is 2. The third-order valence-corrected chi connectivity index (χ3v) is 6.67. The average Bonchev–Trinajstić information content (AvgIpc) is 3.23. The molecule has 10 heteroatoms. The number of benzene rings is 1. The van der Waals surface area contributed by atoms with E-state index in [1.54, 1.807) is 24.0 Å². The van der Waals surface area contributed by atoms with Crippen LogP contribution in [0, 0.1) is 0 Å². The molecular weight excluding hydrogens is 386 g/mol. The summed E-state index contributed by atoms with van der Waals surface area (Å²) < 4.78 is 37.8. The first kappa shape index (κ1) is 18.5. The highest BCUT2D eigenvalue weighted by Gasteiger charge is 2.32. The van der Waals surface area contributed by atoms with E-state index in [0.29, 0.717) is 11.4 Å². The molecule has 1 saturated heterocycles. The highest BCUT2D eigenvalue weighted by Crippen LogP contribution is 2.33. The summed E-state index contributed by atoms with van der Waals surface area (Å²) in [7, 11) is -3.76. The van der Waals surface area contributed by atoms with E-state index in [0.717, 1.165) is 0 Å². The van der Waals surface area contributed by atoms with Gasteiger partial charge >= 0.3 is 0 Å². The van der Waals surface area contributed by atoms with Gasteiger partial charge in [0, 0.05) is 26.2 Å². The molecule has 3 heterocycles. The first-order valence-corrected chi connectivity index (χ1v) is 10.2. The average molecular weight is 405 g/mol. The Bertz CT molecular complexity index is 1010. The number of fused-ring (bicyclic) bond motifs is 1. The molecule has 9 nitrogen and oxygen atoms in total. The Hall–Kier alpha value is -2.85. The van der Waals surface area contributed by atoms with Crippen LogP contribution >= 0.6 is 0 Å². The van der Waals surface area contributed by atoms with Gasteiger partial charge in [0.1, 0.15) is 5.75 Å². The molecule has 2 amide bonds. The molecule has 1 aromatic heterocycles. The van der Waals surface area contributed by atoms with Crippen molar-refractivity contribution in [3.8, 4) is 5.75 Å². The summed E-state index contributed by atoms with van der Waals surface area (Å²) in [4.78, 5) is 25.7. The maximum absolute atomic E-state index is 13.0. The van der Waals surface area contributed by atoms with Crippen LogP contribution in [-0.2, 0) is 14.8 Å². The van der Waals surface area contributed by atoms with Gasteiger partial charge in [0.15, 0.2) is 11.9 Å². The van der Waals surface area contributed by atoms with Crippen molar-refractivity contribution < 1.29 is 27.2 Å². The Labute approximate surface area is 161 Å². The van der Waals surface area contributed by atoms with Crippen molar-refractivity contribution in [3.05, 3.63) is 42.4 Å². The van der Waals surface area contributed by atoms with Gasteiger partial charge in [-0.25, -0.2) is 8.42 Å². The van der Waals surface area contributed by atoms with Gasteiger partial charge in [0.25, 0.3) is 11.8 Å². The van der Waals surface area contributed by atoms with Crippen molar-refractivity contribution >= 4 is 27.5 Å².